The van der Waals surface area contributed by atoms with E-state index in [2.05, 4.69) is 0 Å². The number of aromatic carboxylic acids is 1. The van der Waals surface area contributed by atoms with Crippen LogP contribution in [-0.4, -0.2) is 18.2 Å². The second kappa shape index (κ2) is 4.92. The lowest BCUT2D eigenvalue weighted by molar-refractivity contribution is 0.0697. The van der Waals surface area contributed by atoms with Gasteiger partial charge in [-0.05, 0) is 35.7 Å². The lowest BCUT2D eigenvalue weighted by Gasteiger charge is -2.10. The molecule has 0 spiro atoms. The van der Waals surface area contributed by atoms with E-state index in [-0.39, 0.29) is 0 Å². The Morgan fingerprint density at radius 3 is 2.56 bits per heavy atom. The molecule has 2 aromatic carbocycles. The molecule has 0 amide bonds. The molecular weight excluding hydrogens is 228 g/mol. The van der Waals surface area contributed by atoms with Crippen molar-refractivity contribution in [3.8, 4) is 16.9 Å². The molecule has 0 aliphatic heterocycles. The molecular formula is C15H14O3. The van der Waals surface area contributed by atoms with Crippen molar-refractivity contribution in [3.63, 3.8) is 0 Å². The zero-order valence-corrected chi connectivity index (χ0v) is 10.3. The van der Waals surface area contributed by atoms with Crippen molar-refractivity contribution in [2.45, 2.75) is 6.92 Å². The zero-order chi connectivity index (χ0) is 13.1. The third-order valence-electron chi connectivity index (χ3n) is 2.87. The lowest BCUT2D eigenvalue weighted by atomic mass is 9.96. The number of methoxy groups -OCH3 is 1. The topological polar surface area (TPSA) is 46.5 Å². The molecule has 3 heteroatoms. The Balaban J connectivity index is 2.63. The number of hydrogen-bond acceptors (Lipinski definition) is 2. The summed E-state index contributed by atoms with van der Waals surface area (Å²) in [5.41, 5.74) is 2.64. The highest BCUT2D eigenvalue weighted by atomic mass is 16.5. The number of ether oxygens (including phenoxy) is 1. The van der Waals surface area contributed by atoms with E-state index in [0.717, 1.165) is 11.1 Å². The van der Waals surface area contributed by atoms with Gasteiger partial charge in [-0.1, -0.05) is 30.3 Å². The standard InChI is InChI=1S/C15H14O3/c1-10-5-3-8-13(14(10)15(16)17)11-6-4-7-12(9-11)18-2/h3-9H,1-2H3,(H,16,17). The van der Waals surface area contributed by atoms with Crippen molar-refractivity contribution in [3.05, 3.63) is 53.6 Å². The fraction of sp³-hybridized carbons (Fsp3) is 0.133. The third kappa shape index (κ3) is 2.20. The first-order chi connectivity index (χ1) is 8.63. The number of benzene rings is 2. The Bertz CT molecular complexity index is 588. The van der Waals surface area contributed by atoms with E-state index in [4.69, 9.17) is 4.74 Å². The maximum Gasteiger partial charge on any atom is 0.336 e. The molecule has 0 fully saturated rings. The normalized spacial score (nSPS) is 10.1. The number of aryl methyl sites for hydroxylation is 1. The summed E-state index contributed by atoms with van der Waals surface area (Å²) in [6, 6.07) is 12.9. The van der Waals surface area contributed by atoms with E-state index < -0.39 is 5.97 Å². The van der Waals surface area contributed by atoms with Crippen LogP contribution in [-0.2, 0) is 0 Å². The molecule has 1 N–H and O–H groups in total. The number of carbonyl (C=O) groups is 1. The molecule has 0 heterocycles. The van der Waals surface area contributed by atoms with Gasteiger partial charge in [0.05, 0.1) is 12.7 Å². The summed E-state index contributed by atoms with van der Waals surface area (Å²) in [4.78, 5) is 11.3. The number of carboxylic acids is 1. The molecule has 2 aromatic rings. The molecule has 0 saturated heterocycles. The average Bonchev–Trinajstić information content (AvgIpc) is 2.38. The quantitative estimate of drug-likeness (QED) is 0.897. The molecule has 2 rings (SSSR count). The van der Waals surface area contributed by atoms with Gasteiger partial charge in [-0.15, -0.1) is 0 Å². The molecule has 0 atom stereocenters. The molecule has 0 radical (unpaired) electrons. The van der Waals surface area contributed by atoms with Gasteiger partial charge in [-0.25, -0.2) is 4.79 Å². The summed E-state index contributed by atoms with van der Waals surface area (Å²) in [5.74, 6) is -0.198. The molecule has 0 aromatic heterocycles. The molecule has 0 bridgehead atoms. The molecule has 0 saturated carbocycles. The third-order valence-corrected chi connectivity index (χ3v) is 2.87. The van der Waals surface area contributed by atoms with Crippen molar-refractivity contribution in [2.24, 2.45) is 0 Å². The van der Waals surface area contributed by atoms with Crippen LogP contribution in [0.4, 0.5) is 0 Å². The van der Waals surface area contributed by atoms with E-state index >= 15 is 0 Å². The van der Waals surface area contributed by atoms with Crippen LogP contribution in [0.2, 0.25) is 0 Å². The first kappa shape index (κ1) is 12.2. The number of rotatable bonds is 3. The van der Waals surface area contributed by atoms with E-state index in [0.29, 0.717) is 16.9 Å². The van der Waals surface area contributed by atoms with E-state index in [1.54, 1.807) is 20.1 Å². The van der Waals surface area contributed by atoms with Crippen LogP contribution in [0, 0.1) is 6.92 Å². The van der Waals surface area contributed by atoms with E-state index in [9.17, 15) is 9.90 Å². The monoisotopic (exact) mass is 242 g/mol. The van der Waals surface area contributed by atoms with E-state index in [1.165, 1.54) is 0 Å². The van der Waals surface area contributed by atoms with Crippen molar-refractivity contribution in [2.75, 3.05) is 7.11 Å². The van der Waals surface area contributed by atoms with Crippen LogP contribution in [0.5, 0.6) is 5.75 Å². The first-order valence-electron chi connectivity index (χ1n) is 5.61. The molecule has 18 heavy (non-hydrogen) atoms. The molecule has 0 aliphatic rings. The first-order valence-corrected chi connectivity index (χ1v) is 5.61. The highest BCUT2D eigenvalue weighted by molar-refractivity contribution is 5.97. The summed E-state index contributed by atoms with van der Waals surface area (Å²) in [6.45, 7) is 1.80. The van der Waals surface area contributed by atoms with Crippen molar-refractivity contribution < 1.29 is 14.6 Å². The maximum atomic E-state index is 11.3. The second-order valence-electron chi connectivity index (χ2n) is 4.03. The van der Waals surface area contributed by atoms with Crippen LogP contribution >= 0.6 is 0 Å². The maximum absolute atomic E-state index is 11.3. The molecule has 0 unspecified atom stereocenters. The fourth-order valence-electron chi connectivity index (χ4n) is 1.98. The Kier molecular flexibility index (Phi) is 3.33. The number of hydrogen-bond donors (Lipinski definition) is 1. The second-order valence-corrected chi connectivity index (χ2v) is 4.03. The van der Waals surface area contributed by atoms with Crippen LogP contribution in [0.1, 0.15) is 15.9 Å². The predicted molar refractivity (Wildman–Crippen MR) is 70.1 cm³/mol. The predicted octanol–water partition coefficient (Wildman–Crippen LogP) is 3.37. The summed E-state index contributed by atoms with van der Waals surface area (Å²) in [7, 11) is 1.59. The minimum Gasteiger partial charge on any atom is -0.497 e. The summed E-state index contributed by atoms with van der Waals surface area (Å²) in [5, 5.41) is 9.30. The highest BCUT2D eigenvalue weighted by Gasteiger charge is 2.14. The van der Waals surface area contributed by atoms with Gasteiger partial charge in [-0.2, -0.15) is 0 Å². The lowest BCUT2D eigenvalue weighted by Crippen LogP contribution is -2.02. The smallest absolute Gasteiger partial charge is 0.336 e. The largest absolute Gasteiger partial charge is 0.497 e. The fourth-order valence-corrected chi connectivity index (χ4v) is 1.98. The van der Waals surface area contributed by atoms with Gasteiger partial charge < -0.3 is 9.84 Å². The van der Waals surface area contributed by atoms with Gasteiger partial charge in [0.25, 0.3) is 0 Å². The van der Waals surface area contributed by atoms with Crippen molar-refractivity contribution >= 4 is 5.97 Å². The van der Waals surface area contributed by atoms with Gasteiger partial charge in [0.2, 0.25) is 0 Å². The Morgan fingerprint density at radius 2 is 1.89 bits per heavy atom. The Labute approximate surface area is 106 Å². The minimum absolute atomic E-state index is 0.339. The van der Waals surface area contributed by atoms with Crippen LogP contribution in [0.25, 0.3) is 11.1 Å². The van der Waals surface area contributed by atoms with Gasteiger partial charge in [0, 0.05) is 0 Å². The van der Waals surface area contributed by atoms with Crippen molar-refractivity contribution in [1.29, 1.82) is 0 Å². The summed E-state index contributed by atoms with van der Waals surface area (Å²) in [6.07, 6.45) is 0. The number of carboxylic acid groups (broad SMARTS) is 1. The van der Waals surface area contributed by atoms with E-state index in [1.807, 2.05) is 36.4 Å². The molecule has 0 aliphatic carbocycles. The van der Waals surface area contributed by atoms with Gasteiger partial charge >= 0.3 is 5.97 Å². The van der Waals surface area contributed by atoms with Crippen LogP contribution < -0.4 is 4.74 Å². The van der Waals surface area contributed by atoms with Gasteiger partial charge in [0.1, 0.15) is 5.75 Å². The SMILES string of the molecule is COc1cccc(-c2cccc(C)c2C(=O)O)c1. The minimum atomic E-state index is -0.911. The highest BCUT2D eigenvalue weighted by Crippen LogP contribution is 2.28. The van der Waals surface area contributed by atoms with Gasteiger partial charge in [-0.3, -0.25) is 0 Å². The Hall–Kier alpha value is -2.29. The molecule has 3 nitrogen and oxygen atoms in total. The van der Waals surface area contributed by atoms with Crippen LogP contribution in [0.15, 0.2) is 42.5 Å². The average molecular weight is 242 g/mol. The summed E-state index contributed by atoms with van der Waals surface area (Å²) >= 11 is 0. The van der Waals surface area contributed by atoms with Crippen LogP contribution in [0.3, 0.4) is 0 Å². The van der Waals surface area contributed by atoms with Gasteiger partial charge in [0.15, 0.2) is 0 Å². The zero-order valence-electron chi connectivity index (χ0n) is 10.3. The molecule has 92 valence electrons. The van der Waals surface area contributed by atoms with Crippen molar-refractivity contribution in [1.82, 2.24) is 0 Å². The Morgan fingerprint density at radius 1 is 1.17 bits per heavy atom. The summed E-state index contributed by atoms with van der Waals surface area (Å²) < 4.78 is 5.16.